The number of ether oxygens (including phenoxy) is 1. The number of methoxy groups -OCH3 is 1. The smallest absolute Gasteiger partial charge is 0.259 e. The lowest BCUT2D eigenvalue weighted by atomic mass is 10.0. The van der Waals surface area contributed by atoms with Crippen molar-refractivity contribution in [1.82, 2.24) is 9.80 Å². The van der Waals surface area contributed by atoms with E-state index in [-0.39, 0.29) is 11.8 Å². The van der Waals surface area contributed by atoms with E-state index < -0.39 is 21.1 Å². The molecule has 2 fully saturated rings. The van der Waals surface area contributed by atoms with Gasteiger partial charge in [0.1, 0.15) is 5.60 Å². The number of hydrogen-bond donors (Lipinski definition) is 2. The summed E-state index contributed by atoms with van der Waals surface area (Å²) in [4.78, 5) is 28.5. The van der Waals surface area contributed by atoms with Crippen molar-refractivity contribution in [2.75, 3.05) is 38.0 Å². The summed E-state index contributed by atoms with van der Waals surface area (Å²) in [6, 6.07) is 14.1. The lowest BCUT2D eigenvalue weighted by Gasteiger charge is -2.35. The SMILES string of the molecule is COC(C)S(=O)(=O)Nc1cccc(-c2ccc(C(=O)N3CCN(C(=O)C4(O)CC4)CC3)cc2)c1. The van der Waals surface area contributed by atoms with Crippen LogP contribution in [-0.2, 0) is 19.6 Å². The topological polar surface area (TPSA) is 116 Å². The number of piperazine rings is 1. The number of nitrogens with one attached hydrogen (secondary N) is 1. The van der Waals surface area contributed by atoms with E-state index in [0.717, 1.165) is 11.1 Å². The molecule has 10 heteroatoms. The van der Waals surface area contributed by atoms with Crippen molar-refractivity contribution < 1.29 is 27.9 Å². The molecule has 1 unspecified atom stereocenters. The number of benzene rings is 2. The Labute approximate surface area is 199 Å². The van der Waals surface area contributed by atoms with Crippen LogP contribution in [0.2, 0.25) is 0 Å². The van der Waals surface area contributed by atoms with E-state index in [2.05, 4.69) is 4.72 Å². The van der Waals surface area contributed by atoms with Gasteiger partial charge in [0.2, 0.25) is 0 Å². The number of aliphatic hydroxyl groups is 1. The Morgan fingerprint density at radius 2 is 1.62 bits per heavy atom. The van der Waals surface area contributed by atoms with Crippen LogP contribution in [0, 0.1) is 0 Å². The summed E-state index contributed by atoms with van der Waals surface area (Å²) >= 11 is 0. The van der Waals surface area contributed by atoms with Gasteiger partial charge in [-0.25, -0.2) is 8.42 Å². The van der Waals surface area contributed by atoms with E-state index in [1.807, 2.05) is 18.2 Å². The van der Waals surface area contributed by atoms with Gasteiger partial charge >= 0.3 is 0 Å². The molecule has 182 valence electrons. The molecule has 0 spiro atoms. The summed E-state index contributed by atoms with van der Waals surface area (Å²) in [6.45, 7) is 3.12. The molecule has 0 radical (unpaired) electrons. The Bertz CT molecular complexity index is 1170. The van der Waals surface area contributed by atoms with Crippen LogP contribution in [-0.4, -0.2) is 79.5 Å². The number of sulfonamides is 1. The fourth-order valence-corrected chi connectivity index (χ4v) is 4.74. The zero-order valence-corrected chi connectivity index (χ0v) is 20.0. The normalized spacial score (nSPS) is 18.3. The highest BCUT2D eigenvalue weighted by Gasteiger charge is 2.50. The van der Waals surface area contributed by atoms with E-state index in [0.29, 0.717) is 50.3 Å². The van der Waals surface area contributed by atoms with Crippen LogP contribution >= 0.6 is 0 Å². The first-order valence-corrected chi connectivity index (χ1v) is 12.7. The minimum absolute atomic E-state index is 0.112. The predicted molar refractivity (Wildman–Crippen MR) is 128 cm³/mol. The highest BCUT2D eigenvalue weighted by Crippen LogP contribution is 2.37. The molecular formula is C24H29N3O6S. The first kappa shape index (κ1) is 24.2. The van der Waals surface area contributed by atoms with Gasteiger partial charge in [-0.2, -0.15) is 0 Å². The van der Waals surface area contributed by atoms with Crippen molar-refractivity contribution in [3.05, 3.63) is 54.1 Å². The summed E-state index contributed by atoms with van der Waals surface area (Å²) in [5.74, 6) is -0.344. The van der Waals surface area contributed by atoms with Gasteiger partial charge in [-0.3, -0.25) is 14.3 Å². The molecule has 1 saturated heterocycles. The van der Waals surface area contributed by atoms with Gasteiger partial charge in [-0.15, -0.1) is 0 Å². The molecule has 2 amide bonds. The number of carbonyl (C=O) groups is 2. The van der Waals surface area contributed by atoms with Crippen molar-refractivity contribution in [1.29, 1.82) is 0 Å². The zero-order valence-electron chi connectivity index (χ0n) is 19.2. The van der Waals surface area contributed by atoms with E-state index in [1.54, 1.807) is 40.1 Å². The quantitative estimate of drug-likeness (QED) is 0.616. The molecule has 1 atom stereocenters. The summed E-state index contributed by atoms with van der Waals surface area (Å²) < 4.78 is 31.9. The Balaban J connectivity index is 1.40. The summed E-state index contributed by atoms with van der Waals surface area (Å²) in [6.07, 6.45) is 1.02. The second-order valence-corrected chi connectivity index (χ2v) is 10.7. The lowest BCUT2D eigenvalue weighted by molar-refractivity contribution is -0.143. The van der Waals surface area contributed by atoms with Crippen LogP contribution < -0.4 is 4.72 Å². The van der Waals surface area contributed by atoms with Gasteiger partial charge in [-0.05, 0) is 55.2 Å². The van der Waals surface area contributed by atoms with Gasteiger partial charge in [-0.1, -0.05) is 24.3 Å². The molecule has 4 rings (SSSR count). The maximum absolute atomic E-state index is 12.9. The number of carbonyl (C=O) groups excluding carboxylic acids is 2. The molecule has 0 bridgehead atoms. The highest BCUT2D eigenvalue weighted by molar-refractivity contribution is 7.93. The van der Waals surface area contributed by atoms with Gasteiger partial charge in [0.05, 0.1) is 0 Å². The molecule has 1 heterocycles. The average Bonchev–Trinajstić information content (AvgIpc) is 3.61. The van der Waals surface area contributed by atoms with Gasteiger partial charge in [0.15, 0.2) is 5.44 Å². The second kappa shape index (κ2) is 9.36. The molecule has 9 nitrogen and oxygen atoms in total. The largest absolute Gasteiger partial charge is 0.380 e. The maximum atomic E-state index is 12.9. The van der Waals surface area contributed by atoms with Crippen molar-refractivity contribution in [2.24, 2.45) is 0 Å². The zero-order chi connectivity index (χ0) is 24.5. The first-order chi connectivity index (χ1) is 16.1. The molecule has 0 aromatic heterocycles. The number of rotatable bonds is 7. The molecule has 2 aromatic carbocycles. The van der Waals surface area contributed by atoms with Crippen molar-refractivity contribution >= 4 is 27.5 Å². The first-order valence-electron chi connectivity index (χ1n) is 11.2. The van der Waals surface area contributed by atoms with Crippen LogP contribution in [0.15, 0.2) is 48.5 Å². The summed E-state index contributed by atoms with van der Waals surface area (Å²) in [5, 5.41) is 10.0. The van der Waals surface area contributed by atoms with Crippen LogP contribution in [0.5, 0.6) is 0 Å². The van der Waals surface area contributed by atoms with E-state index >= 15 is 0 Å². The van der Waals surface area contributed by atoms with E-state index in [1.165, 1.54) is 14.0 Å². The van der Waals surface area contributed by atoms with Gasteiger partial charge in [0.25, 0.3) is 21.8 Å². The summed E-state index contributed by atoms with van der Waals surface area (Å²) in [5.41, 5.74) is 0.431. The Hall–Kier alpha value is -2.95. The molecule has 1 saturated carbocycles. The number of hydrogen-bond acceptors (Lipinski definition) is 6. The van der Waals surface area contributed by atoms with Crippen molar-refractivity contribution in [2.45, 2.75) is 30.8 Å². The van der Waals surface area contributed by atoms with Crippen molar-refractivity contribution in [3.63, 3.8) is 0 Å². The number of amides is 2. The van der Waals surface area contributed by atoms with Crippen LogP contribution in [0.4, 0.5) is 5.69 Å². The number of nitrogens with zero attached hydrogens (tertiary/aromatic N) is 2. The molecule has 2 N–H and O–H groups in total. The third-order valence-corrected chi connectivity index (χ3v) is 7.92. The Morgan fingerprint density at radius 3 is 2.21 bits per heavy atom. The highest BCUT2D eigenvalue weighted by atomic mass is 32.2. The fourth-order valence-electron chi connectivity index (χ4n) is 3.86. The molecular weight excluding hydrogens is 458 g/mol. The Kier molecular flexibility index (Phi) is 6.66. The third-order valence-electron chi connectivity index (χ3n) is 6.33. The average molecular weight is 488 g/mol. The van der Waals surface area contributed by atoms with Gasteiger partial charge in [0, 0.05) is 44.5 Å². The van der Waals surface area contributed by atoms with Crippen LogP contribution in [0.25, 0.3) is 11.1 Å². The molecule has 2 aliphatic rings. The lowest BCUT2D eigenvalue weighted by Crippen LogP contribution is -2.53. The molecule has 1 aliphatic heterocycles. The standard InChI is InChI=1S/C24H29N3O6S/c1-17(33-2)34(31,32)25-21-5-3-4-20(16-21)18-6-8-19(9-7-18)22(28)26-12-14-27(15-13-26)23(29)24(30)10-11-24/h3-9,16-17,25,30H,10-15H2,1-2H3. The van der Waals surface area contributed by atoms with E-state index in [9.17, 15) is 23.1 Å². The predicted octanol–water partition coefficient (Wildman–Crippen LogP) is 1.90. The summed E-state index contributed by atoms with van der Waals surface area (Å²) in [7, 11) is -2.33. The fraction of sp³-hybridized carbons (Fsp3) is 0.417. The second-order valence-electron chi connectivity index (χ2n) is 8.72. The minimum Gasteiger partial charge on any atom is -0.380 e. The maximum Gasteiger partial charge on any atom is 0.259 e. The molecule has 2 aromatic rings. The molecule has 1 aliphatic carbocycles. The van der Waals surface area contributed by atoms with Gasteiger partial charge < -0.3 is 19.6 Å². The van der Waals surface area contributed by atoms with Crippen LogP contribution in [0.3, 0.4) is 0 Å². The molecule has 34 heavy (non-hydrogen) atoms. The Morgan fingerprint density at radius 1 is 1.00 bits per heavy atom. The minimum atomic E-state index is -3.67. The van der Waals surface area contributed by atoms with E-state index in [4.69, 9.17) is 4.74 Å². The third kappa shape index (κ3) is 5.08. The van der Waals surface area contributed by atoms with Crippen LogP contribution in [0.1, 0.15) is 30.1 Å². The monoisotopic (exact) mass is 487 g/mol. The number of anilines is 1. The van der Waals surface area contributed by atoms with Crippen molar-refractivity contribution in [3.8, 4) is 11.1 Å².